The van der Waals surface area contributed by atoms with Crippen molar-refractivity contribution in [2.75, 3.05) is 13.2 Å². The Balaban J connectivity index is 2.03. The van der Waals surface area contributed by atoms with Crippen LogP contribution in [0.25, 0.3) is 11.5 Å². The van der Waals surface area contributed by atoms with Crippen LogP contribution in [-0.2, 0) is 9.53 Å². The zero-order chi connectivity index (χ0) is 16.8. The minimum absolute atomic E-state index is 0.0593. The van der Waals surface area contributed by atoms with Gasteiger partial charge >= 0.3 is 5.97 Å². The second-order valence-corrected chi connectivity index (χ2v) is 4.77. The molecule has 0 aromatic carbocycles. The van der Waals surface area contributed by atoms with Gasteiger partial charge in [-0.1, -0.05) is 6.08 Å². The first-order valence-corrected chi connectivity index (χ1v) is 6.85. The molecular weight excluding hydrogens is 302 g/mol. The van der Waals surface area contributed by atoms with E-state index in [2.05, 4.69) is 22.1 Å². The second-order valence-electron chi connectivity index (χ2n) is 4.77. The highest BCUT2D eigenvalue weighted by Gasteiger charge is 2.22. The third-order valence-electron chi connectivity index (χ3n) is 2.94. The van der Waals surface area contributed by atoms with Gasteiger partial charge in [-0.3, -0.25) is 9.89 Å². The molecule has 0 aliphatic carbocycles. The molecule has 3 N–H and O–H groups in total. The Morgan fingerprint density at radius 3 is 2.96 bits per heavy atom. The Morgan fingerprint density at radius 1 is 1.57 bits per heavy atom. The lowest BCUT2D eigenvalue weighted by Gasteiger charge is -2.13. The zero-order valence-electron chi connectivity index (χ0n) is 12.5. The van der Waals surface area contributed by atoms with E-state index < -0.39 is 17.9 Å². The molecule has 1 unspecified atom stereocenters. The number of aromatic nitrogens is 2. The zero-order valence-corrected chi connectivity index (χ0v) is 12.5. The van der Waals surface area contributed by atoms with E-state index in [-0.39, 0.29) is 18.9 Å². The number of ether oxygens (including phenoxy) is 1. The summed E-state index contributed by atoms with van der Waals surface area (Å²) in [6.45, 7) is 5.29. The van der Waals surface area contributed by atoms with Gasteiger partial charge in [-0.05, 0) is 19.1 Å². The van der Waals surface area contributed by atoms with Crippen LogP contribution in [0, 0.1) is 6.92 Å². The number of carboxylic acid groups (broad SMARTS) is 1. The molecule has 8 heteroatoms. The van der Waals surface area contributed by atoms with Gasteiger partial charge in [0.05, 0.1) is 13.2 Å². The lowest BCUT2D eigenvalue weighted by atomic mass is 10.2. The Hall–Kier alpha value is -2.87. The number of carboxylic acids is 1. The van der Waals surface area contributed by atoms with Crippen LogP contribution in [0.4, 0.5) is 0 Å². The van der Waals surface area contributed by atoms with Gasteiger partial charge in [0.15, 0.2) is 17.5 Å². The number of furan rings is 1. The number of rotatable bonds is 8. The fourth-order valence-corrected chi connectivity index (χ4v) is 1.82. The number of aromatic amines is 1. The highest BCUT2D eigenvalue weighted by Crippen LogP contribution is 2.20. The van der Waals surface area contributed by atoms with E-state index in [1.54, 1.807) is 19.1 Å². The molecule has 2 aromatic heterocycles. The molecule has 2 heterocycles. The fourth-order valence-electron chi connectivity index (χ4n) is 1.82. The van der Waals surface area contributed by atoms with Crippen LogP contribution in [0.2, 0.25) is 0 Å². The van der Waals surface area contributed by atoms with Crippen molar-refractivity contribution in [3.05, 3.63) is 42.3 Å². The topological polar surface area (TPSA) is 117 Å². The molecular formula is C15H17N3O5. The van der Waals surface area contributed by atoms with E-state index in [1.165, 1.54) is 12.1 Å². The van der Waals surface area contributed by atoms with Gasteiger partial charge in [-0.2, -0.15) is 5.10 Å². The summed E-state index contributed by atoms with van der Waals surface area (Å²) in [6.07, 6.45) is 1.49. The van der Waals surface area contributed by atoms with Gasteiger partial charge < -0.3 is 19.6 Å². The number of hydrogen-bond donors (Lipinski definition) is 3. The van der Waals surface area contributed by atoms with E-state index >= 15 is 0 Å². The molecule has 0 aliphatic heterocycles. The minimum atomic E-state index is -1.19. The highest BCUT2D eigenvalue weighted by atomic mass is 16.5. The molecule has 0 bridgehead atoms. The number of carbonyl (C=O) groups is 2. The summed E-state index contributed by atoms with van der Waals surface area (Å²) in [4.78, 5) is 23.2. The van der Waals surface area contributed by atoms with Crippen molar-refractivity contribution in [1.29, 1.82) is 0 Å². The molecule has 1 amide bonds. The van der Waals surface area contributed by atoms with Crippen LogP contribution in [-0.4, -0.2) is 46.4 Å². The van der Waals surface area contributed by atoms with Gasteiger partial charge in [0, 0.05) is 6.07 Å². The third-order valence-corrected chi connectivity index (χ3v) is 2.94. The number of aliphatic carboxylic acids is 1. The summed E-state index contributed by atoms with van der Waals surface area (Å²) in [5.74, 6) is -0.547. The van der Waals surface area contributed by atoms with Crippen molar-refractivity contribution >= 4 is 11.9 Å². The number of H-pyrrole nitrogens is 1. The average molecular weight is 319 g/mol. The van der Waals surface area contributed by atoms with Crippen molar-refractivity contribution in [2.24, 2.45) is 0 Å². The summed E-state index contributed by atoms with van der Waals surface area (Å²) < 4.78 is 10.5. The first-order chi connectivity index (χ1) is 11.0. The Kier molecular flexibility index (Phi) is 5.32. The molecule has 0 radical (unpaired) electrons. The molecule has 2 aromatic rings. The summed E-state index contributed by atoms with van der Waals surface area (Å²) >= 11 is 0. The van der Waals surface area contributed by atoms with Crippen molar-refractivity contribution in [3.63, 3.8) is 0 Å². The molecule has 0 saturated carbocycles. The Bertz CT molecular complexity index is 704. The predicted octanol–water partition coefficient (Wildman–Crippen LogP) is 1.36. The lowest BCUT2D eigenvalue weighted by molar-refractivity contribution is -0.140. The van der Waals surface area contributed by atoms with Crippen molar-refractivity contribution in [3.8, 4) is 11.5 Å². The van der Waals surface area contributed by atoms with E-state index in [0.717, 1.165) is 5.76 Å². The van der Waals surface area contributed by atoms with E-state index in [4.69, 9.17) is 14.3 Å². The summed E-state index contributed by atoms with van der Waals surface area (Å²) in [6, 6.07) is 3.84. The smallest absolute Gasteiger partial charge is 0.328 e. The highest BCUT2D eigenvalue weighted by molar-refractivity contribution is 5.95. The maximum absolute atomic E-state index is 12.1. The molecule has 122 valence electrons. The number of carbonyl (C=O) groups excluding carboxylic acids is 1. The fraction of sp³-hybridized carbons (Fsp3) is 0.267. The van der Waals surface area contributed by atoms with Crippen molar-refractivity contribution < 1.29 is 23.8 Å². The first-order valence-electron chi connectivity index (χ1n) is 6.85. The normalized spacial score (nSPS) is 11.9. The second kappa shape index (κ2) is 7.41. The standard InChI is InChI=1S/C15H17N3O5/c1-3-6-22-8-12(15(20)21)16-14(19)11-7-10(17-18-11)13-5-4-9(2)23-13/h3-5,7,12H,1,6,8H2,2H3,(H,16,19)(H,17,18)(H,20,21). The molecule has 1 atom stereocenters. The van der Waals surface area contributed by atoms with Crippen LogP contribution in [0.3, 0.4) is 0 Å². The summed E-state index contributed by atoms with van der Waals surface area (Å²) in [7, 11) is 0. The average Bonchev–Trinajstić information content (AvgIpc) is 3.14. The molecule has 2 rings (SSSR count). The molecule has 8 nitrogen and oxygen atoms in total. The van der Waals surface area contributed by atoms with Crippen molar-refractivity contribution in [1.82, 2.24) is 15.5 Å². The number of amides is 1. The van der Waals surface area contributed by atoms with E-state index in [0.29, 0.717) is 11.5 Å². The predicted molar refractivity (Wildman–Crippen MR) is 80.9 cm³/mol. The van der Waals surface area contributed by atoms with E-state index in [9.17, 15) is 9.59 Å². The maximum Gasteiger partial charge on any atom is 0.328 e. The summed E-state index contributed by atoms with van der Waals surface area (Å²) in [5.41, 5.74) is 0.585. The summed E-state index contributed by atoms with van der Waals surface area (Å²) in [5, 5.41) is 18.0. The molecule has 0 aliphatic rings. The molecule has 23 heavy (non-hydrogen) atoms. The van der Waals surface area contributed by atoms with E-state index in [1.807, 2.05) is 0 Å². The molecule has 0 spiro atoms. The first kappa shape index (κ1) is 16.5. The lowest BCUT2D eigenvalue weighted by Crippen LogP contribution is -2.44. The number of aryl methyl sites for hydroxylation is 1. The molecule has 0 fully saturated rings. The van der Waals surface area contributed by atoms with Crippen LogP contribution >= 0.6 is 0 Å². The third kappa shape index (κ3) is 4.30. The minimum Gasteiger partial charge on any atom is -0.480 e. The molecule has 0 saturated heterocycles. The van der Waals surface area contributed by atoms with Gasteiger partial charge in [0.2, 0.25) is 0 Å². The van der Waals surface area contributed by atoms with Gasteiger partial charge in [0.25, 0.3) is 5.91 Å². The number of nitrogens with zero attached hydrogens (tertiary/aromatic N) is 1. The monoisotopic (exact) mass is 319 g/mol. The Labute approximate surface area is 132 Å². The van der Waals surface area contributed by atoms with Gasteiger partial charge in [-0.15, -0.1) is 6.58 Å². The number of hydrogen-bond acceptors (Lipinski definition) is 5. The van der Waals surface area contributed by atoms with Gasteiger partial charge in [-0.25, -0.2) is 4.79 Å². The quantitative estimate of drug-likeness (QED) is 0.499. The van der Waals surface area contributed by atoms with Crippen LogP contribution < -0.4 is 5.32 Å². The van der Waals surface area contributed by atoms with Crippen molar-refractivity contribution in [2.45, 2.75) is 13.0 Å². The maximum atomic E-state index is 12.1. The van der Waals surface area contributed by atoms with Crippen LogP contribution in [0.5, 0.6) is 0 Å². The number of nitrogens with one attached hydrogen (secondary N) is 2. The van der Waals surface area contributed by atoms with Crippen LogP contribution in [0.15, 0.2) is 35.3 Å². The Morgan fingerprint density at radius 2 is 2.35 bits per heavy atom. The van der Waals surface area contributed by atoms with Crippen LogP contribution in [0.1, 0.15) is 16.2 Å². The largest absolute Gasteiger partial charge is 0.480 e. The SMILES string of the molecule is C=CCOCC(NC(=O)c1cc(-c2ccc(C)o2)[nH]n1)C(=O)O. The van der Waals surface area contributed by atoms with Gasteiger partial charge in [0.1, 0.15) is 11.5 Å².